The summed E-state index contributed by atoms with van der Waals surface area (Å²) >= 11 is 0. The molecule has 2 heterocycles. The van der Waals surface area contributed by atoms with Gasteiger partial charge in [0, 0.05) is 13.1 Å². The Balaban J connectivity index is 1.51. The molecular formula is C20H20N2O5. The van der Waals surface area contributed by atoms with Crippen LogP contribution in [0.4, 0.5) is 11.4 Å². The van der Waals surface area contributed by atoms with E-state index in [1.807, 2.05) is 17.1 Å². The molecule has 2 aliphatic carbocycles. The highest BCUT2D eigenvalue weighted by molar-refractivity contribution is 6.23. The lowest BCUT2D eigenvalue weighted by atomic mass is 9.85. The average Bonchev–Trinajstić information content (AvgIpc) is 3.36. The van der Waals surface area contributed by atoms with E-state index in [2.05, 4.69) is 0 Å². The number of benzene rings is 1. The number of rotatable bonds is 3. The molecule has 1 N–H and O–H groups in total. The van der Waals surface area contributed by atoms with E-state index in [0.717, 1.165) is 6.42 Å². The summed E-state index contributed by atoms with van der Waals surface area (Å²) < 4.78 is 5.33. The van der Waals surface area contributed by atoms with E-state index in [4.69, 9.17) is 4.74 Å². The summed E-state index contributed by atoms with van der Waals surface area (Å²) in [6, 6.07) is 4.84. The van der Waals surface area contributed by atoms with Crippen LogP contribution in [0.15, 0.2) is 30.4 Å². The number of carboxylic acid groups (broad SMARTS) is 1. The number of carboxylic acids is 1. The number of carbonyl (C=O) groups is 3. The molecule has 2 aliphatic heterocycles. The number of morpholine rings is 1. The van der Waals surface area contributed by atoms with Gasteiger partial charge in [0.2, 0.25) is 11.8 Å². The highest BCUT2D eigenvalue weighted by atomic mass is 16.5. The molecule has 2 amide bonds. The maximum atomic E-state index is 13.0. The van der Waals surface area contributed by atoms with Gasteiger partial charge < -0.3 is 14.7 Å². The third-order valence-electron chi connectivity index (χ3n) is 6.29. The monoisotopic (exact) mass is 368 g/mol. The van der Waals surface area contributed by atoms with E-state index in [0.29, 0.717) is 37.7 Å². The van der Waals surface area contributed by atoms with Crippen LogP contribution in [0.2, 0.25) is 0 Å². The Morgan fingerprint density at radius 3 is 2.26 bits per heavy atom. The summed E-state index contributed by atoms with van der Waals surface area (Å²) in [6.45, 7) is 2.31. The Morgan fingerprint density at radius 2 is 1.67 bits per heavy atom. The van der Waals surface area contributed by atoms with Gasteiger partial charge in [-0.2, -0.15) is 0 Å². The third kappa shape index (κ3) is 2.34. The Bertz CT molecular complexity index is 843. The number of imide groups is 1. The summed E-state index contributed by atoms with van der Waals surface area (Å²) in [7, 11) is 0. The standard InChI is InChI=1S/C20H20N2O5/c23-18-16-11-1-2-12(9-11)17(16)19(24)22(18)13-3-4-15(14(10-13)20(25)26)21-5-7-27-8-6-21/h1-4,10-12,16-17H,5-9H2,(H,25,26)/t11-,12-,16+,17+/m0/s1. The number of fused-ring (bicyclic) bond motifs is 5. The molecule has 0 unspecified atom stereocenters. The summed E-state index contributed by atoms with van der Waals surface area (Å²) in [5.41, 5.74) is 1.05. The minimum atomic E-state index is -1.07. The normalized spacial score (nSPS) is 31.7. The summed E-state index contributed by atoms with van der Waals surface area (Å²) in [6.07, 6.45) is 4.96. The van der Waals surface area contributed by atoms with Crippen LogP contribution in [0, 0.1) is 23.7 Å². The van der Waals surface area contributed by atoms with E-state index in [-0.39, 0.29) is 41.0 Å². The van der Waals surface area contributed by atoms with E-state index >= 15 is 0 Å². The van der Waals surface area contributed by atoms with Gasteiger partial charge in [-0.05, 0) is 36.5 Å². The van der Waals surface area contributed by atoms with E-state index in [1.54, 1.807) is 12.1 Å². The maximum absolute atomic E-state index is 13.0. The van der Waals surface area contributed by atoms with E-state index in [1.165, 1.54) is 11.0 Å². The van der Waals surface area contributed by atoms with Crippen molar-refractivity contribution in [1.82, 2.24) is 0 Å². The molecule has 3 fully saturated rings. The minimum Gasteiger partial charge on any atom is -0.478 e. The number of hydrogen-bond donors (Lipinski definition) is 1. The maximum Gasteiger partial charge on any atom is 0.337 e. The van der Waals surface area contributed by atoms with Crippen LogP contribution in [-0.2, 0) is 14.3 Å². The molecule has 5 rings (SSSR count). The van der Waals surface area contributed by atoms with Crippen molar-refractivity contribution in [3.05, 3.63) is 35.9 Å². The zero-order valence-electron chi connectivity index (χ0n) is 14.7. The van der Waals surface area contributed by atoms with Crippen LogP contribution in [0.1, 0.15) is 16.8 Å². The van der Waals surface area contributed by atoms with Crippen LogP contribution in [0.25, 0.3) is 0 Å². The zero-order chi connectivity index (χ0) is 18.7. The zero-order valence-corrected chi connectivity index (χ0v) is 14.7. The first-order valence-electron chi connectivity index (χ1n) is 9.32. The molecule has 1 aromatic rings. The Labute approximate surface area is 156 Å². The number of hydrogen-bond acceptors (Lipinski definition) is 5. The second-order valence-corrected chi connectivity index (χ2v) is 7.62. The number of ether oxygens (including phenoxy) is 1. The molecule has 27 heavy (non-hydrogen) atoms. The summed E-state index contributed by atoms with van der Waals surface area (Å²) in [5, 5.41) is 9.69. The van der Waals surface area contributed by atoms with Gasteiger partial charge in [0.25, 0.3) is 0 Å². The van der Waals surface area contributed by atoms with Crippen LogP contribution in [0.5, 0.6) is 0 Å². The Morgan fingerprint density at radius 1 is 1.04 bits per heavy atom. The molecule has 4 aliphatic rings. The first-order chi connectivity index (χ1) is 13.1. The van der Waals surface area contributed by atoms with Crippen LogP contribution in [-0.4, -0.2) is 49.2 Å². The fourth-order valence-corrected chi connectivity index (χ4v) is 5.07. The number of carbonyl (C=O) groups excluding carboxylic acids is 2. The SMILES string of the molecule is O=C(O)c1cc(N2C(=O)[C@H]3[C@H](C2=O)[C@H]2C=C[C@H]3C2)ccc1N1CCOCC1. The molecular weight excluding hydrogens is 348 g/mol. The molecule has 1 aromatic carbocycles. The summed E-state index contributed by atoms with van der Waals surface area (Å²) in [4.78, 5) is 40.9. The van der Waals surface area contributed by atoms with Gasteiger partial charge in [-0.3, -0.25) is 9.59 Å². The third-order valence-corrected chi connectivity index (χ3v) is 6.29. The van der Waals surface area contributed by atoms with Crippen LogP contribution >= 0.6 is 0 Å². The summed E-state index contributed by atoms with van der Waals surface area (Å²) in [5.74, 6) is -1.78. The first-order valence-corrected chi connectivity index (χ1v) is 9.32. The largest absolute Gasteiger partial charge is 0.478 e. The van der Waals surface area contributed by atoms with E-state index in [9.17, 15) is 19.5 Å². The number of anilines is 2. The van der Waals surface area contributed by atoms with Crippen molar-refractivity contribution < 1.29 is 24.2 Å². The van der Waals surface area contributed by atoms with Crippen molar-refractivity contribution in [1.29, 1.82) is 0 Å². The molecule has 2 bridgehead atoms. The molecule has 140 valence electrons. The van der Waals surface area contributed by atoms with Crippen molar-refractivity contribution in [3.8, 4) is 0 Å². The van der Waals surface area contributed by atoms with Crippen molar-refractivity contribution >= 4 is 29.2 Å². The second kappa shape index (κ2) is 5.92. The van der Waals surface area contributed by atoms with Gasteiger partial charge in [0.15, 0.2) is 0 Å². The second-order valence-electron chi connectivity index (χ2n) is 7.62. The lowest BCUT2D eigenvalue weighted by Gasteiger charge is -2.30. The van der Waals surface area contributed by atoms with Gasteiger partial charge in [0.1, 0.15) is 0 Å². The first kappa shape index (κ1) is 16.5. The van der Waals surface area contributed by atoms with Gasteiger partial charge in [-0.1, -0.05) is 12.2 Å². The van der Waals surface area contributed by atoms with Gasteiger partial charge >= 0.3 is 5.97 Å². The van der Waals surface area contributed by atoms with Crippen molar-refractivity contribution in [2.45, 2.75) is 6.42 Å². The molecule has 4 atom stereocenters. The Kier molecular flexibility index (Phi) is 3.62. The average molecular weight is 368 g/mol. The molecule has 1 saturated carbocycles. The molecule has 7 heteroatoms. The minimum absolute atomic E-state index is 0.105. The number of allylic oxidation sites excluding steroid dienone is 2. The van der Waals surface area contributed by atoms with E-state index < -0.39 is 5.97 Å². The molecule has 2 saturated heterocycles. The number of nitrogens with zero attached hydrogens (tertiary/aromatic N) is 2. The molecule has 7 nitrogen and oxygen atoms in total. The molecule has 0 spiro atoms. The van der Waals surface area contributed by atoms with Crippen molar-refractivity contribution in [2.24, 2.45) is 23.7 Å². The highest BCUT2D eigenvalue weighted by Crippen LogP contribution is 2.53. The Hall–Kier alpha value is -2.67. The molecule has 0 radical (unpaired) electrons. The topological polar surface area (TPSA) is 87.2 Å². The lowest BCUT2D eigenvalue weighted by Crippen LogP contribution is -2.37. The predicted octanol–water partition coefficient (Wildman–Crippen LogP) is 1.53. The number of amides is 2. The smallest absolute Gasteiger partial charge is 0.337 e. The van der Waals surface area contributed by atoms with Crippen molar-refractivity contribution in [3.63, 3.8) is 0 Å². The molecule has 0 aromatic heterocycles. The van der Waals surface area contributed by atoms with Gasteiger partial charge in [-0.25, -0.2) is 9.69 Å². The quantitative estimate of drug-likeness (QED) is 0.643. The highest BCUT2D eigenvalue weighted by Gasteiger charge is 2.59. The van der Waals surface area contributed by atoms with Gasteiger partial charge in [-0.15, -0.1) is 0 Å². The van der Waals surface area contributed by atoms with Gasteiger partial charge in [0.05, 0.1) is 42.0 Å². The lowest BCUT2D eigenvalue weighted by molar-refractivity contribution is -0.123. The number of aromatic carboxylic acids is 1. The predicted molar refractivity (Wildman–Crippen MR) is 96.6 cm³/mol. The fourth-order valence-electron chi connectivity index (χ4n) is 5.07. The van der Waals surface area contributed by atoms with Crippen LogP contribution < -0.4 is 9.80 Å². The van der Waals surface area contributed by atoms with Crippen LogP contribution in [0.3, 0.4) is 0 Å². The van der Waals surface area contributed by atoms with Crippen molar-refractivity contribution in [2.75, 3.05) is 36.1 Å². The fraction of sp³-hybridized carbons (Fsp3) is 0.450.